The molecule has 7 heteroatoms. The number of carbonyl (C=O) groups excluding carboxylic acids is 1. The van der Waals surface area contributed by atoms with Gasteiger partial charge >= 0.3 is 0 Å². The molecule has 0 spiro atoms. The summed E-state index contributed by atoms with van der Waals surface area (Å²) in [6, 6.07) is 10.4. The molecule has 3 aromatic rings. The predicted octanol–water partition coefficient (Wildman–Crippen LogP) is 5.27. The standard InChI is InChI=1S/C21H21Cl2N3O2/c1-2-3-4-5-20(27)25-15-7-9-19-16(11-15)21(28)26(13-24-19)12-14-6-8-17(22)18(23)10-14/h6-11,13H,2-5,12H2,1H3,(H,25,27). The lowest BCUT2D eigenvalue weighted by Crippen LogP contribution is -2.21. The summed E-state index contributed by atoms with van der Waals surface area (Å²) < 4.78 is 1.51. The second kappa shape index (κ2) is 9.22. The number of unbranched alkanes of at least 4 members (excludes halogenated alkanes) is 2. The Morgan fingerprint density at radius 2 is 1.93 bits per heavy atom. The zero-order valence-corrected chi connectivity index (χ0v) is 17.1. The highest BCUT2D eigenvalue weighted by Crippen LogP contribution is 2.23. The monoisotopic (exact) mass is 417 g/mol. The Balaban J connectivity index is 1.84. The molecular weight excluding hydrogens is 397 g/mol. The lowest BCUT2D eigenvalue weighted by atomic mass is 10.2. The summed E-state index contributed by atoms with van der Waals surface area (Å²) in [5.74, 6) is -0.0483. The molecule has 3 rings (SSSR count). The van der Waals surface area contributed by atoms with E-state index in [4.69, 9.17) is 23.2 Å². The van der Waals surface area contributed by atoms with Crippen LogP contribution in [-0.4, -0.2) is 15.5 Å². The first-order valence-electron chi connectivity index (χ1n) is 9.21. The van der Waals surface area contributed by atoms with Gasteiger partial charge in [0.2, 0.25) is 5.91 Å². The van der Waals surface area contributed by atoms with Crippen LogP contribution >= 0.6 is 23.2 Å². The van der Waals surface area contributed by atoms with Gasteiger partial charge in [-0.15, -0.1) is 0 Å². The quantitative estimate of drug-likeness (QED) is 0.532. The summed E-state index contributed by atoms with van der Waals surface area (Å²) in [4.78, 5) is 29.3. The number of hydrogen-bond donors (Lipinski definition) is 1. The highest BCUT2D eigenvalue weighted by molar-refractivity contribution is 6.42. The number of anilines is 1. The Bertz CT molecular complexity index is 1060. The predicted molar refractivity (Wildman–Crippen MR) is 114 cm³/mol. The molecule has 1 amide bonds. The fourth-order valence-electron chi connectivity index (χ4n) is 2.94. The maximum atomic E-state index is 12.9. The average Bonchev–Trinajstić information content (AvgIpc) is 2.67. The summed E-state index contributed by atoms with van der Waals surface area (Å²) in [5.41, 5.74) is 1.84. The maximum Gasteiger partial charge on any atom is 0.261 e. The molecule has 1 heterocycles. The van der Waals surface area contributed by atoms with Gasteiger partial charge in [-0.05, 0) is 42.3 Å². The van der Waals surface area contributed by atoms with E-state index < -0.39 is 0 Å². The zero-order chi connectivity index (χ0) is 20.1. The summed E-state index contributed by atoms with van der Waals surface area (Å²) >= 11 is 12.0. The number of rotatable bonds is 7. The van der Waals surface area contributed by atoms with Gasteiger partial charge in [0.1, 0.15) is 0 Å². The van der Waals surface area contributed by atoms with Crippen LogP contribution in [-0.2, 0) is 11.3 Å². The van der Waals surface area contributed by atoms with Gasteiger partial charge in [0, 0.05) is 12.1 Å². The Morgan fingerprint density at radius 1 is 1.11 bits per heavy atom. The molecule has 0 unspecified atom stereocenters. The largest absolute Gasteiger partial charge is 0.326 e. The SMILES string of the molecule is CCCCCC(=O)Nc1ccc2ncn(Cc3ccc(Cl)c(Cl)c3)c(=O)c2c1. The third-order valence-corrected chi connectivity index (χ3v) is 5.19. The van der Waals surface area contributed by atoms with Crippen LogP contribution in [0.15, 0.2) is 47.5 Å². The molecule has 0 fully saturated rings. The van der Waals surface area contributed by atoms with Gasteiger partial charge in [0.25, 0.3) is 5.56 Å². The third-order valence-electron chi connectivity index (χ3n) is 4.45. The van der Waals surface area contributed by atoms with Crippen molar-refractivity contribution in [1.82, 2.24) is 9.55 Å². The molecule has 1 N–H and O–H groups in total. The van der Waals surface area contributed by atoms with E-state index >= 15 is 0 Å². The van der Waals surface area contributed by atoms with E-state index in [9.17, 15) is 9.59 Å². The lowest BCUT2D eigenvalue weighted by Gasteiger charge is -2.09. The van der Waals surface area contributed by atoms with Crippen LogP contribution in [0.5, 0.6) is 0 Å². The minimum atomic E-state index is -0.182. The molecule has 1 aromatic heterocycles. The average molecular weight is 418 g/mol. The van der Waals surface area contributed by atoms with Crippen molar-refractivity contribution in [2.24, 2.45) is 0 Å². The second-order valence-corrected chi connectivity index (χ2v) is 7.48. The van der Waals surface area contributed by atoms with E-state index in [1.54, 1.807) is 30.3 Å². The van der Waals surface area contributed by atoms with Crippen molar-refractivity contribution in [1.29, 1.82) is 0 Å². The fourth-order valence-corrected chi connectivity index (χ4v) is 3.26. The number of aromatic nitrogens is 2. The molecule has 0 aliphatic carbocycles. The molecule has 0 saturated carbocycles. The fraction of sp³-hybridized carbons (Fsp3) is 0.286. The molecule has 0 saturated heterocycles. The maximum absolute atomic E-state index is 12.9. The van der Waals surface area contributed by atoms with E-state index in [2.05, 4.69) is 17.2 Å². The van der Waals surface area contributed by atoms with E-state index in [1.165, 1.54) is 10.9 Å². The van der Waals surface area contributed by atoms with Crippen molar-refractivity contribution in [3.05, 3.63) is 68.7 Å². The first-order chi connectivity index (χ1) is 13.5. The Morgan fingerprint density at radius 3 is 2.68 bits per heavy atom. The van der Waals surface area contributed by atoms with Crippen LogP contribution in [0.2, 0.25) is 10.0 Å². The van der Waals surface area contributed by atoms with Gasteiger partial charge < -0.3 is 5.32 Å². The van der Waals surface area contributed by atoms with Gasteiger partial charge in [-0.2, -0.15) is 0 Å². The molecule has 5 nitrogen and oxygen atoms in total. The topological polar surface area (TPSA) is 64.0 Å². The number of fused-ring (bicyclic) bond motifs is 1. The third kappa shape index (κ3) is 4.91. The number of hydrogen-bond acceptors (Lipinski definition) is 3. The lowest BCUT2D eigenvalue weighted by molar-refractivity contribution is -0.116. The molecule has 0 aliphatic heterocycles. The van der Waals surface area contributed by atoms with E-state index in [0.717, 1.165) is 24.8 Å². The molecular formula is C21H21Cl2N3O2. The highest BCUT2D eigenvalue weighted by Gasteiger charge is 2.09. The normalized spacial score (nSPS) is 11.0. The van der Waals surface area contributed by atoms with Crippen molar-refractivity contribution in [3.8, 4) is 0 Å². The van der Waals surface area contributed by atoms with Crippen LogP contribution in [0.4, 0.5) is 5.69 Å². The van der Waals surface area contributed by atoms with Crippen molar-refractivity contribution in [2.45, 2.75) is 39.2 Å². The summed E-state index contributed by atoms with van der Waals surface area (Å²) in [6.45, 7) is 2.42. The van der Waals surface area contributed by atoms with E-state index in [-0.39, 0.29) is 11.5 Å². The molecule has 0 atom stereocenters. The van der Waals surface area contributed by atoms with Crippen LogP contribution in [0.3, 0.4) is 0 Å². The van der Waals surface area contributed by atoms with Crippen LogP contribution < -0.4 is 10.9 Å². The van der Waals surface area contributed by atoms with Crippen LogP contribution in [0.25, 0.3) is 10.9 Å². The summed E-state index contributed by atoms with van der Waals surface area (Å²) in [7, 11) is 0. The second-order valence-electron chi connectivity index (χ2n) is 6.66. The van der Waals surface area contributed by atoms with Crippen molar-refractivity contribution < 1.29 is 4.79 Å². The zero-order valence-electron chi connectivity index (χ0n) is 15.5. The first-order valence-corrected chi connectivity index (χ1v) is 9.96. The summed E-state index contributed by atoms with van der Waals surface area (Å²) in [5, 5.41) is 4.21. The van der Waals surface area contributed by atoms with Crippen molar-refractivity contribution in [3.63, 3.8) is 0 Å². The number of halogens is 2. The highest BCUT2D eigenvalue weighted by atomic mass is 35.5. The minimum absolute atomic E-state index is 0.0483. The Kier molecular flexibility index (Phi) is 6.70. The Hall–Kier alpha value is -2.37. The first kappa shape index (κ1) is 20.4. The molecule has 146 valence electrons. The van der Waals surface area contributed by atoms with E-state index in [0.29, 0.717) is 39.6 Å². The van der Waals surface area contributed by atoms with Crippen LogP contribution in [0.1, 0.15) is 38.2 Å². The smallest absolute Gasteiger partial charge is 0.261 e. The molecule has 28 heavy (non-hydrogen) atoms. The number of nitrogens with zero attached hydrogens (tertiary/aromatic N) is 2. The van der Waals surface area contributed by atoms with Crippen LogP contribution in [0, 0.1) is 0 Å². The van der Waals surface area contributed by atoms with E-state index in [1.807, 2.05) is 6.07 Å². The van der Waals surface area contributed by atoms with Gasteiger partial charge in [-0.25, -0.2) is 4.98 Å². The van der Waals surface area contributed by atoms with Gasteiger partial charge in [0.05, 0.1) is 33.8 Å². The van der Waals surface area contributed by atoms with Gasteiger partial charge in [-0.3, -0.25) is 14.2 Å². The number of carbonyl (C=O) groups is 1. The number of amides is 1. The molecule has 0 radical (unpaired) electrons. The van der Waals surface area contributed by atoms with Crippen molar-refractivity contribution >= 4 is 45.7 Å². The molecule has 0 bridgehead atoms. The number of benzene rings is 2. The number of nitrogens with one attached hydrogen (secondary N) is 1. The van der Waals surface area contributed by atoms with Crippen molar-refractivity contribution in [2.75, 3.05) is 5.32 Å². The molecule has 0 aliphatic rings. The summed E-state index contributed by atoms with van der Waals surface area (Å²) in [6.07, 6.45) is 4.92. The van der Waals surface area contributed by atoms with Gasteiger partial charge in [0.15, 0.2) is 0 Å². The molecule has 2 aromatic carbocycles. The van der Waals surface area contributed by atoms with Gasteiger partial charge in [-0.1, -0.05) is 49.0 Å². The Labute approximate surface area is 173 Å². The minimum Gasteiger partial charge on any atom is -0.326 e.